The summed E-state index contributed by atoms with van der Waals surface area (Å²) in [6.45, 7) is 0. The van der Waals surface area contributed by atoms with Crippen molar-refractivity contribution in [1.29, 1.82) is 0 Å². The molecule has 2 unspecified atom stereocenters. The number of rotatable bonds is 3. The molecule has 2 atom stereocenters. The predicted octanol–water partition coefficient (Wildman–Crippen LogP) is 2.88. The van der Waals surface area contributed by atoms with Gasteiger partial charge >= 0.3 is 5.97 Å². The molecule has 1 heterocycles. The van der Waals surface area contributed by atoms with Gasteiger partial charge in [0.2, 0.25) is 0 Å². The van der Waals surface area contributed by atoms with Gasteiger partial charge in [0.15, 0.2) is 0 Å². The highest BCUT2D eigenvalue weighted by atomic mass is 79.9. The van der Waals surface area contributed by atoms with E-state index in [-0.39, 0.29) is 11.9 Å². The minimum absolute atomic E-state index is 0.177. The first-order valence-electron chi connectivity index (χ1n) is 5.87. The molecule has 0 aromatic carbocycles. The lowest BCUT2D eigenvalue weighted by atomic mass is 9.84. The summed E-state index contributed by atoms with van der Waals surface area (Å²) in [5.41, 5.74) is 0. The SMILES string of the molecule is O=C(NC1CCCCC1C(=O)O)c1ccc(Br)s1. The summed E-state index contributed by atoms with van der Waals surface area (Å²) in [5.74, 6) is -1.44. The smallest absolute Gasteiger partial charge is 0.308 e. The van der Waals surface area contributed by atoms with Crippen LogP contribution in [0.4, 0.5) is 0 Å². The lowest BCUT2D eigenvalue weighted by molar-refractivity contribution is -0.143. The largest absolute Gasteiger partial charge is 0.481 e. The van der Waals surface area contributed by atoms with Gasteiger partial charge in [0, 0.05) is 6.04 Å². The monoisotopic (exact) mass is 331 g/mol. The van der Waals surface area contributed by atoms with E-state index in [0.717, 1.165) is 23.0 Å². The van der Waals surface area contributed by atoms with Crippen LogP contribution in [0.25, 0.3) is 0 Å². The first-order valence-corrected chi connectivity index (χ1v) is 7.48. The zero-order chi connectivity index (χ0) is 13.1. The Morgan fingerprint density at radius 3 is 2.67 bits per heavy atom. The van der Waals surface area contributed by atoms with Gasteiger partial charge in [0.25, 0.3) is 5.91 Å². The summed E-state index contributed by atoms with van der Waals surface area (Å²) in [6.07, 6.45) is 3.29. The van der Waals surface area contributed by atoms with Gasteiger partial charge in [-0.3, -0.25) is 9.59 Å². The van der Waals surface area contributed by atoms with E-state index in [4.69, 9.17) is 5.11 Å². The predicted molar refractivity (Wildman–Crippen MR) is 72.9 cm³/mol. The van der Waals surface area contributed by atoms with Crippen molar-refractivity contribution in [3.05, 3.63) is 20.8 Å². The lowest BCUT2D eigenvalue weighted by Gasteiger charge is -2.29. The summed E-state index contributed by atoms with van der Waals surface area (Å²) < 4.78 is 0.895. The van der Waals surface area contributed by atoms with Crippen LogP contribution >= 0.6 is 27.3 Å². The average Bonchev–Trinajstić information content (AvgIpc) is 2.76. The second kappa shape index (κ2) is 5.84. The number of amides is 1. The molecule has 2 N–H and O–H groups in total. The Labute approximate surface area is 118 Å². The molecular weight excluding hydrogens is 318 g/mol. The molecule has 1 aromatic rings. The molecule has 0 bridgehead atoms. The molecule has 1 amide bonds. The Bertz CT molecular complexity index is 460. The topological polar surface area (TPSA) is 66.4 Å². The van der Waals surface area contributed by atoms with Crippen molar-refractivity contribution >= 4 is 39.1 Å². The molecule has 0 saturated heterocycles. The Kier molecular flexibility index (Phi) is 4.40. The van der Waals surface area contributed by atoms with Crippen LogP contribution in [0.2, 0.25) is 0 Å². The van der Waals surface area contributed by atoms with E-state index in [0.29, 0.717) is 11.3 Å². The third-order valence-corrected chi connectivity index (χ3v) is 4.82. The Hall–Kier alpha value is -0.880. The molecule has 0 aliphatic heterocycles. The van der Waals surface area contributed by atoms with Crippen molar-refractivity contribution in [3.8, 4) is 0 Å². The van der Waals surface area contributed by atoms with Crippen molar-refractivity contribution in [2.24, 2.45) is 5.92 Å². The fourth-order valence-corrected chi connectivity index (χ4v) is 3.56. The maximum absolute atomic E-state index is 12.0. The van der Waals surface area contributed by atoms with Crippen LogP contribution in [0.3, 0.4) is 0 Å². The van der Waals surface area contributed by atoms with Gasteiger partial charge < -0.3 is 10.4 Å². The van der Waals surface area contributed by atoms with E-state index in [2.05, 4.69) is 21.2 Å². The minimum Gasteiger partial charge on any atom is -0.481 e. The van der Waals surface area contributed by atoms with Crippen molar-refractivity contribution in [2.75, 3.05) is 0 Å². The lowest BCUT2D eigenvalue weighted by Crippen LogP contribution is -2.44. The second-order valence-electron chi connectivity index (χ2n) is 4.41. The molecule has 1 aromatic heterocycles. The number of carbonyl (C=O) groups is 2. The maximum atomic E-state index is 12.0. The Morgan fingerprint density at radius 1 is 1.33 bits per heavy atom. The van der Waals surface area contributed by atoms with Gasteiger partial charge in [-0.15, -0.1) is 11.3 Å². The first kappa shape index (κ1) is 13.5. The standard InChI is InChI=1S/C12H14BrNO3S/c13-10-6-5-9(18-10)11(15)14-8-4-2-1-3-7(8)12(16)17/h5-8H,1-4H2,(H,14,15)(H,16,17). The second-order valence-corrected chi connectivity index (χ2v) is 6.88. The number of aliphatic carboxylic acids is 1. The average molecular weight is 332 g/mol. The zero-order valence-electron chi connectivity index (χ0n) is 9.69. The highest BCUT2D eigenvalue weighted by Gasteiger charge is 2.32. The highest BCUT2D eigenvalue weighted by Crippen LogP contribution is 2.26. The number of thiophene rings is 1. The molecule has 0 radical (unpaired) electrons. The molecular formula is C12H14BrNO3S. The number of carbonyl (C=O) groups excluding carboxylic acids is 1. The third kappa shape index (κ3) is 3.11. The molecule has 18 heavy (non-hydrogen) atoms. The first-order chi connectivity index (χ1) is 8.58. The van der Waals surface area contributed by atoms with Crippen LogP contribution in [-0.2, 0) is 4.79 Å². The van der Waals surface area contributed by atoms with Crippen molar-refractivity contribution in [1.82, 2.24) is 5.32 Å². The highest BCUT2D eigenvalue weighted by molar-refractivity contribution is 9.11. The minimum atomic E-state index is -0.813. The van der Waals surface area contributed by atoms with E-state index in [1.807, 2.05) is 6.07 Å². The summed E-state index contributed by atoms with van der Waals surface area (Å²) >= 11 is 4.66. The maximum Gasteiger partial charge on any atom is 0.308 e. The van der Waals surface area contributed by atoms with E-state index in [9.17, 15) is 9.59 Å². The van der Waals surface area contributed by atoms with Crippen LogP contribution in [-0.4, -0.2) is 23.0 Å². The van der Waals surface area contributed by atoms with E-state index in [1.54, 1.807) is 6.07 Å². The van der Waals surface area contributed by atoms with Crippen LogP contribution < -0.4 is 5.32 Å². The molecule has 2 rings (SSSR count). The fourth-order valence-electron chi connectivity index (χ4n) is 2.28. The molecule has 6 heteroatoms. The van der Waals surface area contributed by atoms with Gasteiger partial charge in [-0.05, 0) is 40.9 Å². The number of carboxylic acids is 1. The van der Waals surface area contributed by atoms with Gasteiger partial charge in [-0.2, -0.15) is 0 Å². The van der Waals surface area contributed by atoms with Gasteiger partial charge in [0.05, 0.1) is 14.6 Å². The van der Waals surface area contributed by atoms with Crippen molar-refractivity contribution < 1.29 is 14.7 Å². The van der Waals surface area contributed by atoms with Gasteiger partial charge in [0.1, 0.15) is 0 Å². The normalized spacial score (nSPS) is 23.6. The number of carboxylic acid groups (broad SMARTS) is 1. The molecule has 0 spiro atoms. The van der Waals surface area contributed by atoms with E-state index in [1.165, 1.54) is 11.3 Å². The van der Waals surface area contributed by atoms with Crippen LogP contribution in [0.1, 0.15) is 35.4 Å². The van der Waals surface area contributed by atoms with Crippen LogP contribution in [0.15, 0.2) is 15.9 Å². The fraction of sp³-hybridized carbons (Fsp3) is 0.500. The summed E-state index contributed by atoms with van der Waals surface area (Å²) in [5, 5.41) is 12.0. The van der Waals surface area contributed by atoms with Gasteiger partial charge in [-0.25, -0.2) is 0 Å². The van der Waals surface area contributed by atoms with Crippen LogP contribution in [0, 0.1) is 5.92 Å². The molecule has 1 saturated carbocycles. The number of hydrogen-bond acceptors (Lipinski definition) is 3. The molecule has 1 aliphatic rings. The molecule has 98 valence electrons. The summed E-state index contributed by atoms with van der Waals surface area (Å²) in [4.78, 5) is 23.7. The van der Waals surface area contributed by atoms with E-state index >= 15 is 0 Å². The number of nitrogens with one attached hydrogen (secondary N) is 1. The number of hydrogen-bond donors (Lipinski definition) is 2. The summed E-state index contributed by atoms with van der Waals surface area (Å²) in [6, 6.07) is 3.31. The zero-order valence-corrected chi connectivity index (χ0v) is 12.1. The molecule has 1 aliphatic carbocycles. The van der Waals surface area contributed by atoms with Crippen LogP contribution in [0.5, 0.6) is 0 Å². The molecule has 1 fully saturated rings. The van der Waals surface area contributed by atoms with Gasteiger partial charge in [-0.1, -0.05) is 12.8 Å². The molecule has 4 nitrogen and oxygen atoms in total. The number of halogens is 1. The Morgan fingerprint density at radius 2 is 2.06 bits per heavy atom. The third-order valence-electron chi connectivity index (χ3n) is 3.20. The van der Waals surface area contributed by atoms with E-state index < -0.39 is 11.9 Å². The van der Waals surface area contributed by atoms with Crippen molar-refractivity contribution in [2.45, 2.75) is 31.7 Å². The quantitative estimate of drug-likeness (QED) is 0.894. The Balaban J connectivity index is 2.03. The summed E-state index contributed by atoms with van der Waals surface area (Å²) in [7, 11) is 0. The van der Waals surface area contributed by atoms with Crippen molar-refractivity contribution in [3.63, 3.8) is 0 Å².